The molecule has 1 N–H and O–H groups in total. The lowest BCUT2D eigenvalue weighted by atomic mass is 10.2. The van der Waals surface area contributed by atoms with Gasteiger partial charge in [0.2, 0.25) is 0 Å². The van der Waals surface area contributed by atoms with E-state index in [1.165, 1.54) is 11.8 Å². The second kappa shape index (κ2) is 9.72. The summed E-state index contributed by atoms with van der Waals surface area (Å²) in [4.78, 5) is 28.6. The molecule has 2 amide bonds. The van der Waals surface area contributed by atoms with Crippen LogP contribution in [0.2, 0.25) is 0 Å². The maximum Gasteiger partial charge on any atom is 0.318 e. The van der Waals surface area contributed by atoms with Gasteiger partial charge < -0.3 is 15.1 Å². The number of nitrogens with zero attached hydrogens (tertiary/aromatic N) is 5. The molecule has 27 heavy (non-hydrogen) atoms. The molecule has 0 aliphatic carbocycles. The van der Waals surface area contributed by atoms with Crippen LogP contribution in [0.4, 0.5) is 10.5 Å². The number of hydrogen-bond donors (Lipinski definition) is 1. The lowest BCUT2D eigenvalue weighted by Crippen LogP contribution is -2.51. The van der Waals surface area contributed by atoms with Gasteiger partial charge in [-0.3, -0.25) is 15.0 Å². The zero-order chi connectivity index (χ0) is 18.9. The Kier molecular flexibility index (Phi) is 6.81. The van der Waals surface area contributed by atoms with E-state index in [0.717, 1.165) is 30.0 Å². The van der Waals surface area contributed by atoms with Crippen molar-refractivity contribution in [3.8, 4) is 0 Å². The van der Waals surface area contributed by atoms with Crippen LogP contribution in [0.3, 0.4) is 0 Å². The Morgan fingerprint density at radius 2 is 1.96 bits per heavy atom. The van der Waals surface area contributed by atoms with E-state index < -0.39 is 0 Å². The van der Waals surface area contributed by atoms with Gasteiger partial charge >= 0.3 is 6.03 Å². The van der Waals surface area contributed by atoms with Crippen molar-refractivity contribution in [1.29, 1.82) is 0 Å². The van der Waals surface area contributed by atoms with Gasteiger partial charge in [0.25, 0.3) is 0 Å². The van der Waals surface area contributed by atoms with Crippen LogP contribution in [-0.2, 0) is 0 Å². The van der Waals surface area contributed by atoms with E-state index in [1.807, 2.05) is 40.8 Å². The van der Waals surface area contributed by atoms with Crippen LogP contribution in [0.5, 0.6) is 0 Å². The molecule has 1 fully saturated rings. The van der Waals surface area contributed by atoms with Crippen molar-refractivity contribution < 1.29 is 4.79 Å². The molecule has 2 aromatic heterocycles. The van der Waals surface area contributed by atoms with Crippen molar-refractivity contribution in [1.82, 2.24) is 20.2 Å². The van der Waals surface area contributed by atoms with Crippen molar-refractivity contribution in [2.75, 3.05) is 37.0 Å². The molecule has 2 aromatic rings. The van der Waals surface area contributed by atoms with E-state index in [4.69, 9.17) is 0 Å². The number of urea groups is 1. The Morgan fingerprint density at radius 1 is 1.19 bits per heavy atom. The number of nitrogens with one attached hydrogen (secondary N) is 1. The molecule has 8 heteroatoms. The van der Waals surface area contributed by atoms with Gasteiger partial charge in [0.15, 0.2) is 0 Å². The summed E-state index contributed by atoms with van der Waals surface area (Å²) in [5.41, 5.74) is 2.81. The number of amides is 2. The van der Waals surface area contributed by atoms with Gasteiger partial charge in [-0.25, -0.2) is 4.79 Å². The van der Waals surface area contributed by atoms with Gasteiger partial charge in [-0.2, -0.15) is 0 Å². The standard InChI is InChI=1S/C19H22N6OS/c1-20-18(16-4-7-21-8-5-16)14-27-15-23-19(26)25-11-9-24(10-12-25)17-3-2-6-22-13-17/h2-8,13-14H,1,9-12,15H2,(H,23,26)/b18-14-. The van der Waals surface area contributed by atoms with Gasteiger partial charge in [-0.15, -0.1) is 11.8 Å². The SMILES string of the molecule is C=N/C(=C\SCNC(=O)N1CCN(c2cccnc2)CC1)c1ccncc1. The third-order valence-corrected chi connectivity index (χ3v) is 4.93. The van der Waals surface area contributed by atoms with Gasteiger partial charge in [0.05, 0.1) is 23.5 Å². The van der Waals surface area contributed by atoms with E-state index in [0.29, 0.717) is 19.0 Å². The van der Waals surface area contributed by atoms with E-state index >= 15 is 0 Å². The van der Waals surface area contributed by atoms with Gasteiger partial charge in [-0.05, 0) is 36.4 Å². The molecular formula is C19H22N6OS. The average Bonchev–Trinajstić information content (AvgIpc) is 2.75. The third kappa shape index (κ3) is 5.30. The number of aliphatic imine (C=N–C) groups is 1. The number of aromatic nitrogens is 2. The summed E-state index contributed by atoms with van der Waals surface area (Å²) < 4.78 is 0. The molecule has 3 rings (SSSR count). The van der Waals surface area contributed by atoms with Crippen molar-refractivity contribution in [2.24, 2.45) is 4.99 Å². The van der Waals surface area contributed by atoms with Gasteiger partial charge in [0, 0.05) is 50.3 Å². The zero-order valence-corrected chi connectivity index (χ0v) is 15.8. The molecule has 140 valence electrons. The quantitative estimate of drug-likeness (QED) is 0.472. The predicted molar refractivity (Wildman–Crippen MR) is 111 cm³/mol. The van der Waals surface area contributed by atoms with E-state index in [2.05, 4.69) is 31.9 Å². The zero-order valence-electron chi connectivity index (χ0n) is 15.0. The number of piperazine rings is 1. The Labute approximate surface area is 163 Å². The second-order valence-electron chi connectivity index (χ2n) is 5.88. The minimum atomic E-state index is -0.0428. The Hall–Kier alpha value is -2.87. The number of thioether (sulfide) groups is 1. The highest BCUT2D eigenvalue weighted by atomic mass is 32.2. The summed E-state index contributed by atoms with van der Waals surface area (Å²) in [5.74, 6) is 0.478. The topological polar surface area (TPSA) is 73.7 Å². The molecule has 0 atom stereocenters. The highest BCUT2D eigenvalue weighted by molar-refractivity contribution is 8.02. The normalized spacial score (nSPS) is 14.7. The van der Waals surface area contributed by atoms with Crippen LogP contribution < -0.4 is 10.2 Å². The Morgan fingerprint density at radius 3 is 2.63 bits per heavy atom. The number of rotatable bonds is 6. The monoisotopic (exact) mass is 382 g/mol. The van der Waals surface area contributed by atoms with Crippen LogP contribution in [-0.4, -0.2) is 59.7 Å². The number of anilines is 1. The highest BCUT2D eigenvalue weighted by Gasteiger charge is 2.20. The van der Waals surface area contributed by atoms with Crippen molar-refractivity contribution in [3.05, 3.63) is 60.0 Å². The summed E-state index contributed by atoms with van der Waals surface area (Å²) in [7, 11) is 0. The Bertz CT molecular complexity index is 775. The summed E-state index contributed by atoms with van der Waals surface area (Å²) in [6.45, 7) is 6.59. The maximum absolute atomic E-state index is 12.3. The minimum Gasteiger partial charge on any atom is -0.367 e. The molecule has 7 nitrogen and oxygen atoms in total. The van der Waals surface area contributed by atoms with Crippen LogP contribution >= 0.6 is 11.8 Å². The molecule has 0 spiro atoms. The molecule has 1 aliphatic rings. The first-order chi connectivity index (χ1) is 13.3. The Balaban J connectivity index is 1.42. The van der Waals surface area contributed by atoms with Crippen molar-refractivity contribution in [2.45, 2.75) is 0 Å². The third-order valence-electron chi connectivity index (χ3n) is 4.23. The summed E-state index contributed by atoms with van der Waals surface area (Å²) in [5, 5.41) is 4.83. The second-order valence-corrected chi connectivity index (χ2v) is 6.73. The van der Waals surface area contributed by atoms with Crippen LogP contribution in [0.15, 0.2) is 59.5 Å². The molecule has 0 bridgehead atoms. The number of carbonyl (C=O) groups excluding carboxylic acids is 1. The lowest BCUT2D eigenvalue weighted by molar-refractivity contribution is 0.196. The minimum absolute atomic E-state index is 0.0428. The lowest BCUT2D eigenvalue weighted by Gasteiger charge is -2.35. The largest absolute Gasteiger partial charge is 0.367 e. The molecule has 0 saturated carbocycles. The highest BCUT2D eigenvalue weighted by Crippen LogP contribution is 2.18. The molecule has 0 unspecified atom stereocenters. The fraction of sp³-hybridized carbons (Fsp3) is 0.263. The first-order valence-electron chi connectivity index (χ1n) is 8.64. The van der Waals surface area contributed by atoms with E-state index in [1.54, 1.807) is 18.6 Å². The molecule has 3 heterocycles. The molecular weight excluding hydrogens is 360 g/mol. The van der Waals surface area contributed by atoms with Crippen LogP contribution in [0.25, 0.3) is 5.70 Å². The average molecular weight is 382 g/mol. The summed E-state index contributed by atoms with van der Waals surface area (Å²) in [6, 6.07) is 7.68. The van der Waals surface area contributed by atoms with Crippen LogP contribution in [0, 0.1) is 0 Å². The first-order valence-corrected chi connectivity index (χ1v) is 9.69. The molecule has 1 saturated heterocycles. The van der Waals surface area contributed by atoms with E-state index in [-0.39, 0.29) is 6.03 Å². The first kappa shape index (κ1) is 18.9. The number of hydrogen-bond acceptors (Lipinski definition) is 6. The fourth-order valence-electron chi connectivity index (χ4n) is 2.76. The summed E-state index contributed by atoms with van der Waals surface area (Å²) >= 11 is 1.48. The number of pyridine rings is 2. The van der Waals surface area contributed by atoms with Crippen molar-refractivity contribution >= 4 is 35.9 Å². The molecule has 0 radical (unpaired) electrons. The fourth-order valence-corrected chi connectivity index (χ4v) is 3.42. The van der Waals surface area contributed by atoms with Crippen LogP contribution in [0.1, 0.15) is 5.56 Å². The smallest absolute Gasteiger partial charge is 0.318 e. The number of carbonyl (C=O) groups is 1. The maximum atomic E-state index is 12.3. The van der Waals surface area contributed by atoms with Gasteiger partial charge in [-0.1, -0.05) is 0 Å². The van der Waals surface area contributed by atoms with E-state index in [9.17, 15) is 4.79 Å². The summed E-state index contributed by atoms with van der Waals surface area (Å²) in [6.07, 6.45) is 7.05. The van der Waals surface area contributed by atoms with Gasteiger partial charge in [0.1, 0.15) is 0 Å². The predicted octanol–water partition coefficient (Wildman–Crippen LogP) is 2.70. The van der Waals surface area contributed by atoms with Crippen molar-refractivity contribution in [3.63, 3.8) is 0 Å². The molecule has 1 aliphatic heterocycles. The molecule has 0 aromatic carbocycles.